The summed E-state index contributed by atoms with van der Waals surface area (Å²) in [5.74, 6) is -0.842. The molecule has 2 N–H and O–H groups in total. The third-order valence-electron chi connectivity index (χ3n) is 3.29. The van der Waals surface area contributed by atoms with E-state index in [1.165, 1.54) is 24.2 Å². The van der Waals surface area contributed by atoms with Crippen LogP contribution in [0.2, 0.25) is 0 Å². The predicted octanol–water partition coefficient (Wildman–Crippen LogP) is 2.00. The number of nitrogens with zero attached hydrogens (tertiary/aromatic N) is 1. The van der Waals surface area contributed by atoms with Crippen molar-refractivity contribution in [2.24, 2.45) is 5.41 Å². The van der Waals surface area contributed by atoms with Gasteiger partial charge in [0.2, 0.25) is 0 Å². The number of carbonyl (C=O) groups is 1. The Balaban J connectivity index is 1.79. The fraction of sp³-hybridized carbons (Fsp3) is 0.667. The molecular weight excluding hydrogens is 252 g/mol. The van der Waals surface area contributed by atoms with E-state index in [2.05, 4.69) is 10.3 Å². The lowest BCUT2D eigenvalue weighted by atomic mass is 10.0. The summed E-state index contributed by atoms with van der Waals surface area (Å²) in [6.07, 6.45) is 3.53. The maximum Gasteiger partial charge on any atom is 0.309 e. The highest BCUT2D eigenvalue weighted by molar-refractivity contribution is 7.13. The van der Waals surface area contributed by atoms with Gasteiger partial charge in [0.05, 0.1) is 12.1 Å². The van der Waals surface area contributed by atoms with Gasteiger partial charge in [-0.2, -0.15) is 0 Å². The van der Waals surface area contributed by atoms with Crippen LogP contribution in [-0.2, 0) is 16.0 Å². The van der Waals surface area contributed by atoms with Gasteiger partial charge < -0.3 is 15.2 Å². The molecular formula is C12H18N2O3S. The van der Waals surface area contributed by atoms with E-state index >= 15 is 0 Å². The van der Waals surface area contributed by atoms with E-state index in [0.717, 1.165) is 24.7 Å². The normalized spacial score (nSPS) is 16.5. The topological polar surface area (TPSA) is 71.5 Å². The first kappa shape index (κ1) is 13.3. The van der Waals surface area contributed by atoms with Crippen LogP contribution in [0.4, 0.5) is 5.13 Å². The van der Waals surface area contributed by atoms with Crippen LogP contribution in [0.5, 0.6) is 0 Å². The highest BCUT2D eigenvalue weighted by Gasteiger charge is 2.41. The number of thiazole rings is 1. The van der Waals surface area contributed by atoms with Crippen molar-refractivity contribution in [2.75, 3.05) is 25.6 Å². The van der Waals surface area contributed by atoms with Gasteiger partial charge in [0.25, 0.3) is 0 Å². The summed E-state index contributed by atoms with van der Waals surface area (Å²) in [6.45, 7) is 1.69. The van der Waals surface area contributed by atoms with Gasteiger partial charge in [0.15, 0.2) is 5.13 Å². The summed E-state index contributed by atoms with van der Waals surface area (Å²) in [5, 5.41) is 14.6. The molecule has 0 aromatic carbocycles. The van der Waals surface area contributed by atoms with Gasteiger partial charge in [-0.1, -0.05) is 0 Å². The van der Waals surface area contributed by atoms with Crippen LogP contribution in [0, 0.1) is 5.41 Å². The molecule has 1 heterocycles. The van der Waals surface area contributed by atoms with Crippen molar-refractivity contribution in [3.63, 3.8) is 0 Å². The van der Waals surface area contributed by atoms with Crippen molar-refractivity contribution in [2.45, 2.75) is 25.7 Å². The summed E-state index contributed by atoms with van der Waals surface area (Å²) < 4.78 is 5.11. The molecule has 0 spiro atoms. The van der Waals surface area contributed by atoms with E-state index in [4.69, 9.17) is 9.84 Å². The molecule has 5 nitrogen and oxygen atoms in total. The maximum atomic E-state index is 10.6. The zero-order valence-electron chi connectivity index (χ0n) is 10.4. The third-order valence-corrected chi connectivity index (χ3v) is 4.14. The summed E-state index contributed by atoms with van der Waals surface area (Å²) in [6, 6.07) is 0. The number of rotatable bonds is 8. The van der Waals surface area contributed by atoms with Gasteiger partial charge in [-0.15, -0.1) is 11.3 Å². The first-order chi connectivity index (χ1) is 8.63. The number of methoxy groups -OCH3 is 1. The predicted molar refractivity (Wildman–Crippen MR) is 70.1 cm³/mol. The fourth-order valence-corrected chi connectivity index (χ4v) is 2.61. The van der Waals surface area contributed by atoms with Crippen molar-refractivity contribution in [3.8, 4) is 0 Å². The number of hydrogen-bond acceptors (Lipinski definition) is 5. The third kappa shape index (κ3) is 3.68. The van der Waals surface area contributed by atoms with Crippen molar-refractivity contribution >= 4 is 22.4 Å². The van der Waals surface area contributed by atoms with E-state index < -0.39 is 5.97 Å². The Morgan fingerprint density at radius 2 is 2.44 bits per heavy atom. The number of nitrogens with one attached hydrogen (secondary N) is 1. The molecule has 1 aliphatic rings. The van der Waals surface area contributed by atoms with Crippen LogP contribution in [0.1, 0.15) is 25.0 Å². The Morgan fingerprint density at radius 1 is 1.67 bits per heavy atom. The Hall–Kier alpha value is -1.14. The molecule has 0 bridgehead atoms. The SMILES string of the molecule is COCCC1(CNc2nc(CC(=O)O)cs2)CC1. The Kier molecular flexibility index (Phi) is 4.19. The van der Waals surface area contributed by atoms with Crippen molar-refractivity contribution in [3.05, 3.63) is 11.1 Å². The largest absolute Gasteiger partial charge is 0.481 e. The van der Waals surface area contributed by atoms with Gasteiger partial charge in [-0.05, 0) is 24.7 Å². The summed E-state index contributed by atoms with van der Waals surface area (Å²) in [5.41, 5.74) is 0.992. The van der Waals surface area contributed by atoms with Crippen LogP contribution >= 0.6 is 11.3 Å². The Labute approximate surface area is 110 Å². The second-order valence-corrected chi connectivity index (χ2v) is 5.67. The lowest BCUT2D eigenvalue weighted by Gasteiger charge is -2.14. The van der Waals surface area contributed by atoms with Crippen LogP contribution in [0.15, 0.2) is 5.38 Å². The second kappa shape index (κ2) is 5.67. The molecule has 0 unspecified atom stereocenters. The van der Waals surface area contributed by atoms with Crippen LogP contribution in [-0.4, -0.2) is 36.3 Å². The molecule has 0 amide bonds. The van der Waals surface area contributed by atoms with Crippen molar-refractivity contribution < 1.29 is 14.6 Å². The maximum absolute atomic E-state index is 10.6. The first-order valence-electron chi connectivity index (χ1n) is 6.03. The van der Waals surface area contributed by atoms with Gasteiger partial charge in [-0.3, -0.25) is 4.79 Å². The lowest BCUT2D eigenvalue weighted by Crippen LogP contribution is -2.17. The van der Waals surface area contributed by atoms with E-state index in [1.807, 2.05) is 0 Å². The average molecular weight is 270 g/mol. The molecule has 100 valence electrons. The van der Waals surface area contributed by atoms with Gasteiger partial charge >= 0.3 is 5.97 Å². The number of carboxylic acid groups (broad SMARTS) is 1. The summed E-state index contributed by atoms with van der Waals surface area (Å²) >= 11 is 1.47. The Bertz CT molecular complexity index is 415. The summed E-state index contributed by atoms with van der Waals surface area (Å²) in [4.78, 5) is 14.8. The molecule has 1 aromatic rings. The van der Waals surface area contributed by atoms with E-state index in [-0.39, 0.29) is 6.42 Å². The monoisotopic (exact) mass is 270 g/mol. The molecule has 0 aliphatic heterocycles. The molecule has 18 heavy (non-hydrogen) atoms. The van der Waals surface area contributed by atoms with E-state index in [1.54, 1.807) is 12.5 Å². The number of hydrogen-bond donors (Lipinski definition) is 2. The number of carboxylic acids is 1. The minimum absolute atomic E-state index is 0.00695. The number of aromatic nitrogens is 1. The zero-order valence-corrected chi connectivity index (χ0v) is 11.3. The molecule has 0 atom stereocenters. The fourth-order valence-electron chi connectivity index (χ4n) is 1.90. The standard InChI is InChI=1S/C12H18N2O3S/c1-17-5-4-12(2-3-12)8-13-11-14-9(7-18-11)6-10(15)16/h7H,2-6,8H2,1H3,(H,13,14)(H,15,16). The molecule has 1 fully saturated rings. The molecule has 6 heteroatoms. The second-order valence-electron chi connectivity index (χ2n) is 4.81. The number of aliphatic carboxylic acids is 1. The minimum Gasteiger partial charge on any atom is -0.481 e. The van der Waals surface area contributed by atoms with E-state index in [0.29, 0.717) is 11.1 Å². The van der Waals surface area contributed by atoms with Crippen LogP contribution < -0.4 is 5.32 Å². The van der Waals surface area contributed by atoms with Gasteiger partial charge in [-0.25, -0.2) is 4.98 Å². The van der Waals surface area contributed by atoms with E-state index in [9.17, 15) is 4.79 Å². The molecule has 1 saturated carbocycles. The van der Waals surface area contributed by atoms with Crippen LogP contribution in [0.25, 0.3) is 0 Å². The first-order valence-corrected chi connectivity index (χ1v) is 6.90. The molecule has 0 saturated heterocycles. The summed E-state index contributed by atoms with van der Waals surface area (Å²) in [7, 11) is 1.72. The average Bonchev–Trinajstić information content (AvgIpc) is 2.97. The Morgan fingerprint density at radius 3 is 3.06 bits per heavy atom. The minimum atomic E-state index is -0.842. The van der Waals surface area contributed by atoms with Gasteiger partial charge in [0, 0.05) is 25.6 Å². The smallest absolute Gasteiger partial charge is 0.309 e. The van der Waals surface area contributed by atoms with Gasteiger partial charge in [0.1, 0.15) is 0 Å². The van der Waals surface area contributed by atoms with Crippen molar-refractivity contribution in [1.29, 1.82) is 0 Å². The molecule has 1 aromatic heterocycles. The highest BCUT2D eigenvalue weighted by Crippen LogP contribution is 2.48. The van der Waals surface area contributed by atoms with Crippen LogP contribution in [0.3, 0.4) is 0 Å². The molecule has 0 radical (unpaired) electrons. The highest BCUT2D eigenvalue weighted by atomic mass is 32.1. The number of anilines is 1. The zero-order chi connectivity index (χ0) is 13.0. The lowest BCUT2D eigenvalue weighted by molar-refractivity contribution is -0.136. The molecule has 1 aliphatic carbocycles. The quantitative estimate of drug-likeness (QED) is 0.756. The molecule has 2 rings (SSSR count). The van der Waals surface area contributed by atoms with Crippen molar-refractivity contribution in [1.82, 2.24) is 4.98 Å². The number of ether oxygens (including phenoxy) is 1.